The number of carbonyl (C=O) groups excluding carboxylic acids is 1. The molecule has 3 rings (SSSR count). The Morgan fingerprint density at radius 2 is 2.35 bits per heavy atom. The van der Waals surface area contributed by atoms with Gasteiger partial charge >= 0.3 is 0 Å². The standard InChI is InChI=1S/C14H14FN3O2/c15-11-2-1-3-12(17-11)20-10-4-7-18(8-10)13(19)14(9-16)5-6-14/h1-3,10H,4-8H2. The minimum Gasteiger partial charge on any atom is -0.472 e. The molecule has 20 heavy (non-hydrogen) atoms. The van der Waals surface area contributed by atoms with Crippen LogP contribution in [0.15, 0.2) is 18.2 Å². The van der Waals surface area contributed by atoms with Crippen LogP contribution in [0.1, 0.15) is 19.3 Å². The maximum atomic E-state index is 13.0. The Morgan fingerprint density at radius 1 is 1.55 bits per heavy atom. The number of hydrogen-bond donors (Lipinski definition) is 0. The molecule has 0 spiro atoms. The van der Waals surface area contributed by atoms with Gasteiger partial charge in [0.15, 0.2) is 0 Å². The highest BCUT2D eigenvalue weighted by molar-refractivity contribution is 5.88. The third-order valence-electron chi connectivity index (χ3n) is 3.78. The van der Waals surface area contributed by atoms with Crippen molar-refractivity contribution < 1.29 is 13.9 Å². The van der Waals surface area contributed by atoms with Gasteiger partial charge in [0.2, 0.25) is 17.7 Å². The Morgan fingerprint density at radius 3 is 3.00 bits per heavy atom. The largest absolute Gasteiger partial charge is 0.472 e. The maximum absolute atomic E-state index is 13.0. The molecule has 5 nitrogen and oxygen atoms in total. The summed E-state index contributed by atoms with van der Waals surface area (Å²) in [6, 6.07) is 6.48. The van der Waals surface area contributed by atoms with Crippen LogP contribution in [0.3, 0.4) is 0 Å². The Balaban J connectivity index is 1.60. The Kier molecular flexibility index (Phi) is 3.05. The molecule has 2 aliphatic rings. The second-order valence-electron chi connectivity index (χ2n) is 5.27. The SMILES string of the molecule is N#CC1(C(=O)N2CCC(Oc3cccc(F)n3)C2)CC1. The van der Waals surface area contributed by atoms with Gasteiger partial charge in [0, 0.05) is 19.0 Å². The van der Waals surface area contributed by atoms with Crippen LogP contribution in [0.4, 0.5) is 4.39 Å². The number of halogens is 1. The summed E-state index contributed by atoms with van der Waals surface area (Å²) in [6.07, 6.45) is 1.78. The fourth-order valence-electron chi connectivity index (χ4n) is 2.44. The van der Waals surface area contributed by atoms with Crippen LogP contribution in [0.5, 0.6) is 5.88 Å². The Bertz CT molecular complexity index is 580. The van der Waals surface area contributed by atoms with Crippen LogP contribution >= 0.6 is 0 Å². The molecule has 0 bridgehead atoms. The molecule has 1 amide bonds. The summed E-state index contributed by atoms with van der Waals surface area (Å²) in [6.45, 7) is 1.00. The lowest BCUT2D eigenvalue weighted by Gasteiger charge is -2.19. The van der Waals surface area contributed by atoms with Crippen molar-refractivity contribution in [3.05, 3.63) is 24.1 Å². The Labute approximate surface area is 116 Å². The lowest BCUT2D eigenvalue weighted by Crippen LogP contribution is -2.36. The number of aromatic nitrogens is 1. The molecule has 1 unspecified atom stereocenters. The first-order valence-corrected chi connectivity index (χ1v) is 6.63. The average molecular weight is 275 g/mol. The monoisotopic (exact) mass is 275 g/mol. The first kappa shape index (κ1) is 12.9. The van der Waals surface area contributed by atoms with Gasteiger partial charge in [0.1, 0.15) is 11.5 Å². The molecule has 1 aliphatic heterocycles. The van der Waals surface area contributed by atoms with Gasteiger partial charge in [0.25, 0.3) is 0 Å². The predicted octanol–water partition coefficient (Wildman–Crippen LogP) is 1.50. The normalized spacial score (nSPS) is 23.2. The molecular formula is C14H14FN3O2. The molecule has 1 aromatic heterocycles. The van der Waals surface area contributed by atoms with Gasteiger partial charge in [-0.15, -0.1) is 0 Å². The van der Waals surface area contributed by atoms with Crippen molar-refractivity contribution in [3.8, 4) is 11.9 Å². The van der Waals surface area contributed by atoms with Crippen LogP contribution in [0.2, 0.25) is 0 Å². The summed E-state index contributed by atoms with van der Waals surface area (Å²) in [5.41, 5.74) is -0.786. The molecule has 104 valence electrons. The van der Waals surface area contributed by atoms with Crippen LogP contribution < -0.4 is 4.74 Å². The maximum Gasteiger partial charge on any atom is 0.243 e. The van der Waals surface area contributed by atoms with E-state index < -0.39 is 11.4 Å². The summed E-state index contributed by atoms with van der Waals surface area (Å²) in [7, 11) is 0. The zero-order chi connectivity index (χ0) is 14.2. The van der Waals surface area contributed by atoms with E-state index in [0.717, 1.165) is 0 Å². The third kappa shape index (κ3) is 2.31. The van der Waals surface area contributed by atoms with E-state index in [4.69, 9.17) is 10.00 Å². The van der Waals surface area contributed by atoms with E-state index >= 15 is 0 Å². The second-order valence-corrected chi connectivity index (χ2v) is 5.27. The molecule has 2 fully saturated rings. The van der Waals surface area contributed by atoms with Crippen LogP contribution in [-0.2, 0) is 4.79 Å². The van der Waals surface area contributed by atoms with Gasteiger partial charge in [0.05, 0.1) is 12.6 Å². The fourth-order valence-corrected chi connectivity index (χ4v) is 2.44. The molecule has 0 radical (unpaired) electrons. The van der Waals surface area contributed by atoms with Crippen molar-refractivity contribution in [2.24, 2.45) is 5.41 Å². The molecule has 1 saturated carbocycles. The predicted molar refractivity (Wildman–Crippen MR) is 67.1 cm³/mol. The van der Waals surface area contributed by atoms with E-state index in [1.807, 2.05) is 0 Å². The van der Waals surface area contributed by atoms with Gasteiger partial charge in [-0.2, -0.15) is 14.6 Å². The number of carbonyl (C=O) groups is 1. The van der Waals surface area contributed by atoms with Crippen molar-refractivity contribution in [2.45, 2.75) is 25.4 Å². The minimum atomic E-state index is -0.786. The van der Waals surface area contributed by atoms with E-state index in [1.54, 1.807) is 11.0 Å². The van der Waals surface area contributed by atoms with E-state index in [0.29, 0.717) is 32.4 Å². The second kappa shape index (κ2) is 4.75. The molecule has 1 saturated heterocycles. The van der Waals surface area contributed by atoms with Gasteiger partial charge in [-0.25, -0.2) is 0 Å². The average Bonchev–Trinajstić information content (AvgIpc) is 3.11. The van der Waals surface area contributed by atoms with Crippen LogP contribution in [0.25, 0.3) is 0 Å². The smallest absolute Gasteiger partial charge is 0.243 e. The van der Waals surface area contributed by atoms with Crippen molar-refractivity contribution in [1.82, 2.24) is 9.88 Å². The lowest BCUT2D eigenvalue weighted by molar-refractivity contribution is -0.134. The number of hydrogen-bond acceptors (Lipinski definition) is 4. The van der Waals surface area contributed by atoms with Gasteiger partial charge in [-0.05, 0) is 18.9 Å². The number of pyridine rings is 1. The van der Waals surface area contributed by atoms with Crippen LogP contribution in [-0.4, -0.2) is 35.0 Å². The number of likely N-dealkylation sites (tertiary alicyclic amines) is 1. The van der Waals surface area contributed by atoms with E-state index in [9.17, 15) is 9.18 Å². The highest BCUT2D eigenvalue weighted by Crippen LogP contribution is 2.47. The number of amides is 1. The van der Waals surface area contributed by atoms with Gasteiger partial charge in [-0.1, -0.05) is 6.07 Å². The van der Waals surface area contributed by atoms with Crippen molar-refractivity contribution in [2.75, 3.05) is 13.1 Å². The van der Waals surface area contributed by atoms with Crippen LogP contribution in [0, 0.1) is 22.7 Å². The van der Waals surface area contributed by atoms with Crippen molar-refractivity contribution >= 4 is 5.91 Å². The number of ether oxygens (including phenoxy) is 1. The lowest BCUT2D eigenvalue weighted by atomic mass is 10.1. The third-order valence-corrected chi connectivity index (χ3v) is 3.78. The van der Waals surface area contributed by atoms with E-state index in [2.05, 4.69) is 11.1 Å². The van der Waals surface area contributed by atoms with Crippen molar-refractivity contribution in [3.63, 3.8) is 0 Å². The molecule has 2 heterocycles. The van der Waals surface area contributed by atoms with Gasteiger partial charge < -0.3 is 9.64 Å². The first-order chi connectivity index (χ1) is 9.63. The summed E-state index contributed by atoms with van der Waals surface area (Å²) < 4.78 is 18.5. The quantitative estimate of drug-likeness (QED) is 0.784. The van der Waals surface area contributed by atoms with E-state index in [1.165, 1.54) is 12.1 Å². The zero-order valence-electron chi connectivity index (χ0n) is 10.9. The number of nitrogens with zero attached hydrogens (tertiary/aromatic N) is 3. The molecule has 1 aliphatic carbocycles. The molecule has 0 N–H and O–H groups in total. The number of nitriles is 1. The summed E-state index contributed by atoms with van der Waals surface area (Å²) >= 11 is 0. The number of rotatable bonds is 3. The molecular weight excluding hydrogens is 261 g/mol. The van der Waals surface area contributed by atoms with E-state index in [-0.39, 0.29) is 17.9 Å². The summed E-state index contributed by atoms with van der Waals surface area (Å²) in [5.74, 6) is -0.459. The molecule has 6 heteroatoms. The highest BCUT2D eigenvalue weighted by Gasteiger charge is 2.53. The Hall–Kier alpha value is -2.16. The molecule has 1 aromatic rings. The zero-order valence-corrected chi connectivity index (χ0v) is 10.9. The van der Waals surface area contributed by atoms with Gasteiger partial charge in [-0.3, -0.25) is 4.79 Å². The first-order valence-electron chi connectivity index (χ1n) is 6.63. The minimum absolute atomic E-state index is 0.0988. The van der Waals surface area contributed by atoms with Crippen molar-refractivity contribution in [1.29, 1.82) is 5.26 Å². The summed E-state index contributed by atoms with van der Waals surface area (Å²) in [5, 5.41) is 9.04. The highest BCUT2D eigenvalue weighted by atomic mass is 19.1. The molecule has 1 atom stereocenters. The topological polar surface area (TPSA) is 66.2 Å². The molecule has 0 aromatic carbocycles. The fraction of sp³-hybridized carbons (Fsp3) is 0.500. The summed E-state index contributed by atoms with van der Waals surface area (Å²) in [4.78, 5) is 17.5.